The Morgan fingerprint density at radius 3 is 2.71 bits per heavy atom. The zero-order chi connectivity index (χ0) is 19.7. The summed E-state index contributed by atoms with van der Waals surface area (Å²) in [7, 11) is -1.85. The SMILES string of the molecule is Cc1c(Sc2cccc(OB(O)O)c2)c2ccc(Cl)cc2n1-c1cccnc1. The lowest BCUT2D eigenvalue weighted by atomic mass is 10.2. The summed E-state index contributed by atoms with van der Waals surface area (Å²) < 4.78 is 7.10. The molecule has 0 atom stereocenters. The molecule has 0 bridgehead atoms. The summed E-state index contributed by atoms with van der Waals surface area (Å²) in [6.45, 7) is 2.06. The van der Waals surface area contributed by atoms with Gasteiger partial charge in [0.2, 0.25) is 0 Å². The highest BCUT2D eigenvalue weighted by Gasteiger charge is 2.18. The number of hydrogen-bond donors (Lipinski definition) is 2. The van der Waals surface area contributed by atoms with Crippen molar-refractivity contribution in [2.45, 2.75) is 16.7 Å². The van der Waals surface area contributed by atoms with Crippen LogP contribution in [-0.2, 0) is 0 Å². The zero-order valence-electron chi connectivity index (χ0n) is 14.9. The van der Waals surface area contributed by atoms with Crippen LogP contribution in [-0.4, -0.2) is 26.9 Å². The van der Waals surface area contributed by atoms with Gasteiger partial charge in [0.15, 0.2) is 0 Å². The van der Waals surface area contributed by atoms with Crippen molar-refractivity contribution in [1.82, 2.24) is 9.55 Å². The number of benzene rings is 2. The van der Waals surface area contributed by atoms with Crippen LogP contribution in [0.25, 0.3) is 16.6 Å². The van der Waals surface area contributed by atoms with Gasteiger partial charge in [0.1, 0.15) is 5.75 Å². The summed E-state index contributed by atoms with van der Waals surface area (Å²) in [6, 6.07) is 17.0. The lowest BCUT2D eigenvalue weighted by Gasteiger charge is -2.09. The van der Waals surface area contributed by atoms with E-state index in [0.29, 0.717) is 10.8 Å². The molecule has 140 valence electrons. The molecule has 5 nitrogen and oxygen atoms in total. The zero-order valence-corrected chi connectivity index (χ0v) is 16.5. The van der Waals surface area contributed by atoms with E-state index >= 15 is 0 Å². The van der Waals surface area contributed by atoms with Crippen molar-refractivity contribution in [3.63, 3.8) is 0 Å². The Morgan fingerprint density at radius 1 is 1.11 bits per heavy atom. The van der Waals surface area contributed by atoms with Gasteiger partial charge >= 0.3 is 7.32 Å². The Hall–Kier alpha value is -2.45. The monoisotopic (exact) mass is 410 g/mol. The summed E-state index contributed by atoms with van der Waals surface area (Å²) in [5, 5.41) is 19.8. The standard InChI is InChI=1S/C20H16BClN2O3S/c1-13-20(28-17-6-2-5-16(11-17)27-21(25)26)18-8-7-14(22)10-19(18)24(13)15-4-3-9-23-12-15/h2-12,25-26H,1H3. The fourth-order valence-electron chi connectivity index (χ4n) is 3.16. The minimum Gasteiger partial charge on any atom is -0.512 e. The second-order valence-corrected chi connectivity index (χ2v) is 7.66. The molecule has 4 rings (SSSR count). The fraction of sp³-hybridized carbons (Fsp3) is 0.0500. The van der Waals surface area contributed by atoms with Crippen molar-refractivity contribution in [3.8, 4) is 11.4 Å². The third-order valence-electron chi connectivity index (χ3n) is 4.28. The van der Waals surface area contributed by atoms with Crippen LogP contribution in [0.3, 0.4) is 0 Å². The minimum atomic E-state index is -1.85. The molecule has 0 radical (unpaired) electrons. The van der Waals surface area contributed by atoms with Gasteiger partial charge in [0, 0.05) is 32.1 Å². The van der Waals surface area contributed by atoms with E-state index in [2.05, 4.69) is 16.5 Å². The Kier molecular flexibility index (Phi) is 5.32. The molecule has 0 saturated heterocycles. The van der Waals surface area contributed by atoms with Gasteiger partial charge < -0.3 is 19.3 Å². The molecule has 4 aromatic rings. The minimum absolute atomic E-state index is 0.386. The molecule has 0 saturated carbocycles. The van der Waals surface area contributed by atoms with Crippen LogP contribution in [0.1, 0.15) is 5.69 Å². The maximum atomic E-state index is 9.03. The Bertz CT molecular complexity index is 1140. The maximum absolute atomic E-state index is 9.03. The molecule has 2 aromatic carbocycles. The number of nitrogens with zero attached hydrogens (tertiary/aromatic N) is 2. The maximum Gasteiger partial charge on any atom is 0.707 e. The Morgan fingerprint density at radius 2 is 1.96 bits per heavy atom. The molecule has 0 aliphatic heterocycles. The largest absolute Gasteiger partial charge is 0.707 e. The predicted molar refractivity (Wildman–Crippen MR) is 112 cm³/mol. The normalized spacial score (nSPS) is 11.0. The van der Waals surface area contributed by atoms with Crippen LogP contribution in [0.4, 0.5) is 0 Å². The molecule has 8 heteroatoms. The van der Waals surface area contributed by atoms with Crippen LogP contribution < -0.4 is 4.65 Å². The van der Waals surface area contributed by atoms with E-state index in [1.54, 1.807) is 30.1 Å². The summed E-state index contributed by atoms with van der Waals surface area (Å²) in [6.07, 6.45) is 3.56. The number of pyridine rings is 1. The van der Waals surface area contributed by atoms with Gasteiger partial charge in [-0.25, -0.2) is 0 Å². The number of halogens is 1. The second-order valence-electron chi connectivity index (χ2n) is 6.14. The molecule has 2 aromatic heterocycles. The molecule has 0 amide bonds. The van der Waals surface area contributed by atoms with Gasteiger partial charge in [-0.2, -0.15) is 0 Å². The first-order chi connectivity index (χ1) is 13.5. The van der Waals surface area contributed by atoms with E-state index in [9.17, 15) is 0 Å². The molecule has 2 heterocycles. The Balaban J connectivity index is 1.83. The van der Waals surface area contributed by atoms with E-state index in [1.165, 1.54) is 0 Å². The van der Waals surface area contributed by atoms with Crippen molar-refractivity contribution in [2.75, 3.05) is 0 Å². The predicted octanol–water partition coefficient (Wildman–Crippen LogP) is 4.49. The molecule has 0 spiro atoms. The van der Waals surface area contributed by atoms with Gasteiger partial charge in [-0.3, -0.25) is 4.98 Å². The van der Waals surface area contributed by atoms with Gasteiger partial charge in [0.05, 0.1) is 17.4 Å². The van der Waals surface area contributed by atoms with Gasteiger partial charge in [-0.15, -0.1) is 0 Å². The van der Waals surface area contributed by atoms with E-state index in [0.717, 1.165) is 32.1 Å². The molecular formula is C20H16BClN2O3S. The molecule has 0 unspecified atom stereocenters. The quantitative estimate of drug-likeness (QED) is 0.475. The number of rotatable bonds is 5. The molecule has 2 N–H and O–H groups in total. The summed E-state index contributed by atoms with van der Waals surface area (Å²) in [5.41, 5.74) is 3.02. The number of fused-ring (bicyclic) bond motifs is 1. The topological polar surface area (TPSA) is 67.5 Å². The number of aromatic nitrogens is 2. The highest BCUT2D eigenvalue weighted by Crippen LogP contribution is 2.41. The molecule has 0 aliphatic carbocycles. The fourth-order valence-corrected chi connectivity index (χ4v) is 4.40. The average molecular weight is 411 g/mol. The van der Waals surface area contributed by atoms with E-state index < -0.39 is 7.32 Å². The lowest BCUT2D eigenvalue weighted by molar-refractivity contribution is 0.288. The highest BCUT2D eigenvalue weighted by atomic mass is 35.5. The van der Waals surface area contributed by atoms with Crippen LogP contribution in [0.5, 0.6) is 5.75 Å². The molecule has 0 fully saturated rings. The van der Waals surface area contributed by atoms with E-state index in [4.69, 9.17) is 26.3 Å². The van der Waals surface area contributed by atoms with Crippen molar-refractivity contribution < 1.29 is 14.7 Å². The first-order valence-electron chi connectivity index (χ1n) is 8.54. The molecule has 28 heavy (non-hydrogen) atoms. The highest BCUT2D eigenvalue weighted by molar-refractivity contribution is 7.99. The van der Waals surface area contributed by atoms with Gasteiger partial charge in [0.25, 0.3) is 0 Å². The van der Waals surface area contributed by atoms with E-state index in [1.807, 2.05) is 48.7 Å². The van der Waals surface area contributed by atoms with E-state index in [-0.39, 0.29) is 0 Å². The van der Waals surface area contributed by atoms with Gasteiger partial charge in [-0.1, -0.05) is 35.5 Å². The molecular weight excluding hydrogens is 395 g/mol. The number of hydrogen-bond acceptors (Lipinski definition) is 5. The van der Waals surface area contributed by atoms with Crippen LogP contribution in [0.15, 0.2) is 76.8 Å². The summed E-state index contributed by atoms with van der Waals surface area (Å²) in [5.74, 6) is 0.386. The van der Waals surface area contributed by atoms with Crippen molar-refractivity contribution in [2.24, 2.45) is 0 Å². The third kappa shape index (κ3) is 3.75. The second kappa shape index (κ2) is 7.89. The van der Waals surface area contributed by atoms with Crippen LogP contribution in [0, 0.1) is 6.92 Å². The van der Waals surface area contributed by atoms with Crippen molar-refractivity contribution in [1.29, 1.82) is 0 Å². The average Bonchev–Trinajstić information content (AvgIpc) is 2.93. The first-order valence-corrected chi connectivity index (χ1v) is 9.74. The summed E-state index contributed by atoms with van der Waals surface area (Å²) >= 11 is 7.85. The van der Waals surface area contributed by atoms with Crippen molar-refractivity contribution in [3.05, 3.63) is 77.7 Å². The van der Waals surface area contributed by atoms with Gasteiger partial charge in [-0.05, 0) is 49.4 Å². The summed E-state index contributed by atoms with van der Waals surface area (Å²) in [4.78, 5) is 6.24. The van der Waals surface area contributed by atoms with Crippen molar-refractivity contribution >= 4 is 41.6 Å². The third-order valence-corrected chi connectivity index (χ3v) is 5.72. The Labute approximate surface area is 171 Å². The lowest BCUT2D eigenvalue weighted by Crippen LogP contribution is -2.20. The van der Waals surface area contributed by atoms with Crippen LogP contribution >= 0.6 is 23.4 Å². The van der Waals surface area contributed by atoms with Crippen LogP contribution in [0.2, 0.25) is 5.02 Å². The first kappa shape index (κ1) is 18.9. The molecule has 0 aliphatic rings. The smallest absolute Gasteiger partial charge is 0.512 e.